The van der Waals surface area contributed by atoms with E-state index in [0.29, 0.717) is 27.0 Å². The minimum atomic E-state index is -0.748. The predicted octanol–water partition coefficient (Wildman–Crippen LogP) is 5.28. The van der Waals surface area contributed by atoms with Crippen molar-refractivity contribution in [3.63, 3.8) is 0 Å². The molecule has 1 nitrogen and oxygen atoms in total. The highest BCUT2D eigenvalue weighted by Crippen LogP contribution is 2.29. The molecule has 0 radical (unpaired) electrons. The zero-order chi connectivity index (χ0) is 14.0. The molecule has 1 unspecified atom stereocenters. The number of hydrogen-bond donors (Lipinski definition) is 1. The number of hydrogen-bond acceptors (Lipinski definition) is 1. The van der Waals surface area contributed by atoms with E-state index in [0.717, 1.165) is 4.47 Å². The molecule has 0 heterocycles. The molecule has 2 aromatic rings. The van der Waals surface area contributed by atoms with Crippen LogP contribution in [0.15, 0.2) is 45.3 Å². The minimum absolute atomic E-state index is 0.315. The van der Waals surface area contributed by atoms with Crippen LogP contribution < -0.4 is 0 Å². The topological polar surface area (TPSA) is 20.2 Å². The number of aliphatic hydroxyl groups excluding tert-OH is 1. The lowest BCUT2D eigenvalue weighted by Gasteiger charge is -2.14. The van der Waals surface area contributed by atoms with Gasteiger partial charge in [0, 0.05) is 20.4 Å². The maximum Gasteiger partial charge on any atom is 0.124 e. The third-order valence-electron chi connectivity index (χ3n) is 2.67. The van der Waals surface area contributed by atoms with E-state index in [1.807, 2.05) is 0 Å². The van der Waals surface area contributed by atoms with Crippen molar-refractivity contribution < 1.29 is 9.50 Å². The molecule has 0 aliphatic heterocycles. The Labute approximate surface area is 132 Å². The quantitative estimate of drug-likeness (QED) is 0.733. The maximum atomic E-state index is 13.3. The molecule has 1 atom stereocenters. The van der Waals surface area contributed by atoms with E-state index in [4.69, 9.17) is 11.6 Å². The molecule has 0 fully saturated rings. The van der Waals surface area contributed by atoms with Crippen molar-refractivity contribution in [1.82, 2.24) is 0 Å². The Kier molecular flexibility index (Phi) is 5.01. The van der Waals surface area contributed by atoms with Gasteiger partial charge in [0.15, 0.2) is 0 Å². The van der Waals surface area contributed by atoms with Crippen molar-refractivity contribution in [2.24, 2.45) is 0 Å². The lowest BCUT2D eigenvalue weighted by molar-refractivity contribution is 0.177. The van der Waals surface area contributed by atoms with Crippen molar-refractivity contribution in [3.05, 3.63) is 67.3 Å². The summed E-state index contributed by atoms with van der Waals surface area (Å²) < 4.78 is 14.7. The second-order valence-electron chi connectivity index (χ2n) is 4.16. The molecule has 0 spiro atoms. The van der Waals surface area contributed by atoms with Gasteiger partial charge in [0.25, 0.3) is 0 Å². The maximum absolute atomic E-state index is 13.3. The van der Waals surface area contributed by atoms with Crippen molar-refractivity contribution in [2.45, 2.75) is 12.5 Å². The summed E-state index contributed by atoms with van der Waals surface area (Å²) in [4.78, 5) is 0. The van der Waals surface area contributed by atoms with E-state index in [1.54, 1.807) is 24.3 Å². The third-order valence-corrected chi connectivity index (χ3v) is 4.08. The van der Waals surface area contributed by atoms with Crippen molar-refractivity contribution in [3.8, 4) is 0 Å². The summed E-state index contributed by atoms with van der Waals surface area (Å²) in [6.07, 6.45) is -0.434. The summed E-state index contributed by atoms with van der Waals surface area (Å²) >= 11 is 12.5. The van der Waals surface area contributed by atoms with Gasteiger partial charge >= 0.3 is 0 Å². The largest absolute Gasteiger partial charge is 0.388 e. The molecule has 2 aromatic carbocycles. The summed E-state index contributed by atoms with van der Waals surface area (Å²) in [5, 5.41) is 10.8. The Morgan fingerprint density at radius 3 is 2.58 bits per heavy atom. The lowest BCUT2D eigenvalue weighted by atomic mass is 10.0. The Morgan fingerprint density at radius 1 is 1.16 bits per heavy atom. The van der Waals surface area contributed by atoms with Crippen LogP contribution in [0.5, 0.6) is 0 Å². The van der Waals surface area contributed by atoms with Gasteiger partial charge in [-0.2, -0.15) is 0 Å². The van der Waals surface area contributed by atoms with E-state index in [2.05, 4.69) is 31.9 Å². The van der Waals surface area contributed by atoms with Crippen LogP contribution in [0, 0.1) is 5.82 Å². The highest BCUT2D eigenvalue weighted by atomic mass is 79.9. The minimum Gasteiger partial charge on any atom is -0.388 e. The van der Waals surface area contributed by atoms with Crippen LogP contribution >= 0.6 is 43.5 Å². The van der Waals surface area contributed by atoms with Gasteiger partial charge in [-0.3, -0.25) is 0 Å². The molecular weight excluding hydrogens is 398 g/mol. The first-order chi connectivity index (χ1) is 8.95. The summed E-state index contributed by atoms with van der Waals surface area (Å²) in [7, 11) is 0. The molecule has 0 saturated heterocycles. The highest BCUT2D eigenvalue weighted by Gasteiger charge is 2.13. The van der Waals surface area contributed by atoms with Crippen molar-refractivity contribution in [2.75, 3.05) is 0 Å². The first-order valence-corrected chi connectivity index (χ1v) is 7.50. The summed E-state index contributed by atoms with van der Waals surface area (Å²) in [6.45, 7) is 0. The number of benzene rings is 2. The van der Waals surface area contributed by atoms with Gasteiger partial charge in [-0.25, -0.2) is 4.39 Å². The summed E-state index contributed by atoms with van der Waals surface area (Å²) in [5.74, 6) is -0.332. The molecule has 0 bridgehead atoms. The Bertz CT molecular complexity index is 584. The van der Waals surface area contributed by atoms with Crippen LogP contribution in [-0.2, 0) is 6.42 Å². The molecule has 0 aliphatic rings. The van der Waals surface area contributed by atoms with Gasteiger partial charge in [-0.05, 0) is 47.5 Å². The first kappa shape index (κ1) is 15.0. The molecule has 19 heavy (non-hydrogen) atoms. The van der Waals surface area contributed by atoms with Gasteiger partial charge in [-0.1, -0.05) is 43.5 Å². The Hall–Kier alpha value is -0.420. The number of rotatable bonds is 3. The van der Waals surface area contributed by atoms with E-state index in [9.17, 15) is 9.50 Å². The van der Waals surface area contributed by atoms with Crippen LogP contribution in [0.2, 0.25) is 5.02 Å². The molecule has 2 rings (SSSR count). The van der Waals surface area contributed by atoms with Gasteiger partial charge in [0.05, 0.1) is 6.10 Å². The second kappa shape index (κ2) is 6.35. The average Bonchev–Trinajstić information content (AvgIpc) is 2.30. The van der Waals surface area contributed by atoms with E-state index in [1.165, 1.54) is 12.1 Å². The molecule has 0 amide bonds. The van der Waals surface area contributed by atoms with Crippen LogP contribution in [0.3, 0.4) is 0 Å². The van der Waals surface area contributed by atoms with Gasteiger partial charge in [-0.15, -0.1) is 0 Å². The van der Waals surface area contributed by atoms with E-state index >= 15 is 0 Å². The summed E-state index contributed by atoms with van der Waals surface area (Å²) in [5.41, 5.74) is 1.40. The smallest absolute Gasteiger partial charge is 0.124 e. The molecule has 5 heteroatoms. The Morgan fingerprint density at radius 2 is 1.89 bits per heavy atom. The fraction of sp³-hybridized carbons (Fsp3) is 0.143. The number of halogens is 4. The predicted molar refractivity (Wildman–Crippen MR) is 81.9 cm³/mol. The SMILES string of the molecule is OC(Cc1cc(F)cc(Br)c1)c1cc(Cl)ccc1Br. The monoisotopic (exact) mass is 406 g/mol. The molecule has 0 aliphatic carbocycles. The highest BCUT2D eigenvalue weighted by molar-refractivity contribution is 9.10. The zero-order valence-electron chi connectivity index (χ0n) is 9.71. The fourth-order valence-electron chi connectivity index (χ4n) is 1.83. The second-order valence-corrected chi connectivity index (χ2v) is 6.37. The fourth-order valence-corrected chi connectivity index (χ4v) is 3.04. The van der Waals surface area contributed by atoms with Gasteiger partial charge in [0.1, 0.15) is 5.82 Å². The van der Waals surface area contributed by atoms with Crippen LogP contribution in [-0.4, -0.2) is 5.11 Å². The average molecular weight is 408 g/mol. The third kappa shape index (κ3) is 4.02. The van der Waals surface area contributed by atoms with Crippen LogP contribution in [0.4, 0.5) is 4.39 Å². The summed E-state index contributed by atoms with van der Waals surface area (Å²) in [6, 6.07) is 9.79. The van der Waals surface area contributed by atoms with E-state index < -0.39 is 6.10 Å². The standard InChI is InChI=1S/C14H10Br2ClFO/c15-9-3-8(4-11(18)6-9)5-14(19)12-7-10(17)1-2-13(12)16/h1-4,6-7,14,19H,5H2. The zero-order valence-corrected chi connectivity index (χ0v) is 13.6. The molecule has 0 aromatic heterocycles. The van der Waals surface area contributed by atoms with Crippen molar-refractivity contribution >= 4 is 43.5 Å². The molecular formula is C14H10Br2ClFO. The van der Waals surface area contributed by atoms with Crippen LogP contribution in [0.25, 0.3) is 0 Å². The van der Waals surface area contributed by atoms with Crippen molar-refractivity contribution in [1.29, 1.82) is 0 Å². The number of aliphatic hydroxyl groups is 1. The van der Waals surface area contributed by atoms with Gasteiger partial charge < -0.3 is 5.11 Å². The molecule has 1 N–H and O–H groups in total. The lowest BCUT2D eigenvalue weighted by Crippen LogP contribution is -2.03. The van der Waals surface area contributed by atoms with Crippen LogP contribution in [0.1, 0.15) is 17.2 Å². The molecule has 0 saturated carbocycles. The Balaban J connectivity index is 2.25. The first-order valence-electron chi connectivity index (χ1n) is 5.53. The normalized spacial score (nSPS) is 12.5. The molecule has 100 valence electrons. The van der Waals surface area contributed by atoms with E-state index in [-0.39, 0.29) is 5.82 Å². The van der Waals surface area contributed by atoms with Gasteiger partial charge in [0.2, 0.25) is 0 Å².